The van der Waals surface area contributed by atoms with Crippen molar-refractivity contribution in [3.63, 3.8) is 0 Å². The van der Waals surface area contributed by atoms with E-state index in [1.54, 1.807) is 0 Å². The van der Waals surface area contributed by atoms with E-state index in [-0.39, 0.29) is 0 Å². The summed E-state index contributed by atoms with van der Waals surface area (Å²) in [5.74, 6) is 0.635. The highest BCUT2D eigenvalue weighted by atomic mass is 79.9. The Balaban J connectivity index is 2.29. The van der Waals surface area contributed by atoms with Gasteiger partial charge in [0.1, 0.15) is 17.2 Å². The van der Waals surface area contributed by atoms with Gasteiger partial charge in [0, 0.05) is 15.7 Å². The van der Waals surface area contributed by atoms with Crippen LogP contribution in [-0.4, -0.2) is 9.38 Å². The molecule has 0 unspecified atom stereocenters. The summed E-state index contributed by atoms with van der Waals surface area (Å²) in [5.41, 5.74) is 11.0. The van der Waals surface area contributed by atoms with Gasteiger partial charge >= 0.3 is 0 Å². The van der Waals surface area contributed by atoms with Crippen molar-refractivity contribution in [2.45, 2.75) is 13.8 Å². The zero-order chi connectivity index (χ0) is 14.4. The summed E-state index contributed by atoms with van der Waals surface area (Å²) in [6.07, 6.45) is 0. The molecular formula is C15H13BrClN3. The third kappa shape index (κ3) is 2.09. The number of pyridine rings is 1. The summed E-state index contributed by atoms with van der Waals surface area (Å²) in [7, 11) is 0. The Labute approximate surface area is 130 Å². The summed E-state index contributed by atoms with van der Waals surface area (Å²) in [6.45, 7) is 4.07. The molecule has 0 radical (unpaired) electrons. The van der Waals surface area contributed by atoms with Gasteiger partial charge in [-0.15, -0.1) is 0 Å². The van der Waals surface area contributed by atoms with Crippen molar-refractivity contribution in [2.75, 3.05) is 5.73 Å². The second-order valence-electron chi connectivity index (χ2n) is 4.84. The number of benzene rings is 1. The molecule has 5 heteroatoms. The van der Waals surface area contributed by atoms with Crippen LogP contribution in [0.5, 0.6) is 0 Å². The van der Waals surface area contributed by atoms with Crippen LogP contribution in [0.15, 0.2) is 34.8 Å². The van der Waals surface area contributed by atoms with Gasteiger partial charge < -0.3 is 5.73 Å². The topological polar surface area (TPSA) is 43.3 Å². The third-order valence-corrected chi connectivity index (χ3v) is 4.51. The van der Waals surface area contributed by atoms with Gasteiger partial charge in [-0.3, -0.25) is 4.40 Å². The van der Waals surface area contributed by atoms with Crippen LogP contribution in [0.2, 0.25) is 5.02 Å². The number of halogens is 2. The number of aromatic nitrogens is 2. The highest BCUT2D eigenvalue weighted by Crippen LogP contribution is 2.32. The molecule has 0 bridgehead atoms. The molecule has 0 aliphatic rings. The summed E-state index contributed by atoms with van der Waals surface area (Å²) in [5, 5.41) is 0.645. The van der Waals surface area contributed by atoms with E-state index in [2.05, 4.69) is 27.0 Å². The molecule has 0 saturated heterocycles. The molecule has 20 heavy (non-hydrogen) atoms. The smallest absolute Gasteiger partial charge is 0.139 e. The van der Waals surface area contributed by atoms with Crippen LogP contribution in [0.1, 0.15) is 11.3 Å². The number of rotatable bonds is 1. The fourth-order valence-electron chi connectivity index (χ4n) is 2.41. The Kier molecular flexibility index (Phi) is 3.22. The van der Waals surface area contributed by atoms with E-state index < -0.39 is 0 Å². The van der Waals surface area contributed by atoms with Crippen molar-refractivity contribution in [3.05, 3.63) is 51.1 Å². The minimum atomic E-state index is 0.635. The third-order valence-electron chi connectivity index (χ3n) is 3.28. The van der Waals surface area contributed by atoms with Crippen LogP contribution in [0.4, 0.5) is 5.82 Å². The molecule has 2 heterocycles. The maximum atomic E-state index is 6.26. The summed E-state index contributed by atoms with van der Waals surface area (Å²) >= 11 is 9.54. The molecule has 0 aliphatic carbocycles. The molecular weight excluding hydrogens is 338 g/mol. The first-order valence-corrected chi connectivity index (χ1v) is 7.35. The molecule has 102 valence electrons. The largest absolute Gasteiger partial charge is 0.383 e. The van der Waals surface area contributed by atoms with Crippen LogP contribution < -0.4 is 5.73 Å². The van der Waals surface area contributed by atoms with Crippen molar-refractivity contribution in [3.8, 4) is 11.3 Å². The van der Waals surface area contributed by atoms with E-state index in [0.29, 0.717) is 10.8 Å². The van der Waals surface area contributed by atoms with E-state index in [1.165, 1.54) is 5.56 Å². The summed E-state index contributed by atoms with van der Waals surface area (Å²) in [6, 6.07) is 9.83. The summed E-state index contributed by atoms with van der Waals surface area (Å²) < 4.78 is 2.82. The SMILES string of the molecule is Cc1cc(C)n2c(N)c(-c3ccc(Br)c(Cl)c3)nc2c1. The molecule has 2 N–H and O–H groups in total. The number of imidazole rings is 1. The Morgan fingerprint density at radius 1 is 1.20 bits per heavy atom. The van der Waals surface area contributed by atoms with Gasteiger partial charge in [-0.05, 0) is 59.6 Å². The van der Waals surface area contributed by atoms with E-state index in [4.69, 9.17) is 17.3 Å². The minimum Gasteiger partial charge on any atom is -0.383 e. The van der Waals surface area contributed by atoms with Gasteiger partial charge in [-0.2, -0.15) is 0 Å². The molecule has 0 saturated carbocycles. The average Bonchev–Trinajstić information content (AvgIpc) is 2.70. The standard InChI is InChI=1S/C15H13BrClN3/c1-8-5-9(2)20-13(6-8)19-14(15(20)18)10-3-4-11(16)12(17)7-10/h3-7H,18H2,1-2H3. The minimum absolute atomic E-state index is 0.635. The second kappa shape index (κ2) is 4.79. The van der Waals surface area contributed by atoms with Gasteiger partial charge in [-0.1, -0.05) is 17.7 Å². The van der Waals surface area contributed by atoms with Gasteiger partial charge in [-0.25, -0.2) is 4.98 Å². The van der Waals surface area contributed by atoms with Crippen LogP contribution in [0, 0.1) is 13.8 Å². The maximum absolute atomic E-state index is 6.26. The maximum Gasteiger partial charge on any atom is 0.139 e. The van der Waals surface area contributed by atoms with Gasteiger partial charge in [0.2, 0.25) is 0 Å². The first-order valence-electron chi connectivity index (χ1n) is 6.18. The van der Waals surface area contributed by atoms with E-state index in [1.807, 2.05) is 42.5 Å². The number of aryl methyl sites for hydroxylation is 2. The number of fused-ring (bicyclic) bond motifs is 1. The first kappa shape index (κ1) is 13.5. The van der Waals surface area contributed by atoms with E-state index in [0.717, 1.165) is 27.1 Å². The lowest BCUT2D eigenvalue weighted by Crippen LogP contribution is -1.98. The number of hydrogen-bond donors (Lipinski definition) is 1. The predicted octanol–water partition coefficient (Wildman–Crippen LogP) is 4.62. The van der Waals surface area contributed by atoms with Gasteiger partial charge in [0.25, 0.3) is 0 Å². The lowest BCUT2D eigenvalue weighted by Gasteiger charge is -2.04. The number of hydrogen-bond acceptors (Lipinski definition) is 2. The van der Waals surface area contributed by atoms with E-state index in [9.17, 15) is 0 Å². The Hall–Kier alpha value is -1.52. The van der Waals surface area contributed by atoms with Crippen molar-refractivity contribution >= 4 is 39.0 Å². The lowest BCUT2D eigenvalue weighted by atomic mass is 10.1. The Morgan fingerprint density at radius 3 is 2.65 bits per heavy atom. The molecule has 0 aliphatic heterocycles. The zero-order valence-electron chi connectivity index (χ0n) is 11.1. The highest BCUT2D eigenvalue weighted by Gasteiger charge is 2.14. The number of nitrogens with two attached hydrogens (primary N) is 1. The Bertz CT molecular complexity index is 824. The monoisotopic (exact) mass is 349 g/mol. The quantitative estimate of drug-likeness (QED) is 0.696. The van der Waals surface area contributed by atoms with E-state index >= 15 is 0 Å². The number of nitrogen functional groups attached to an aromatic ring is 1. The summed E-state index contributed by atoms with van der Waals surface area (Å²) in [4.78, 5) is 4.64. The first-order chi connectivity index (χ1) is 9.47. The Morgan fingerprint density at radius 2 is 1.95 bits per heavy atom. The van der Waals surface area contributed by atoms with Crippen LogP contribution >= 0.6 is 27.5 Å². The van der Waals surface area contributed by atoms with Crippen molar-refractivity contribution in [1.29, 1.82) is 0 Å². The van der Waals surface area contributed by atoms with Crippen molar-refractivity contribution < 1.29 is 0 Å². The molecule has 1 aromatic carbocycles. The van der Waals surface area contributed by atoms with Crippen LogP contribution in [0.25, 0.3) is 16.9 Å². The fraction of sp³-hybridized carbons (Fsp3) is 0.133. The second-order valence-corrected chi connectivity index (χ2v) is 6.10. The predicted molar refractivity (Wildman–Crippen MR) is 87.2 cm³/mol. The van der Waals surface area contributed by atoms with Crippen molar-refractivity contribution in [1.82, 2.24) is 9.38 Å². The highest BCUT2D eigenvalue weighted by molar-refractivity contribution is 9.10. The number of anilines is 1. The average molecular weight is 351 g/mol. The number of nitrogens with zero attached hydrogens (tertiary/aromatic N) is 2. The molecule has 0 fully saturated rings. The molecule has 2 aromatic heterocycles. The van der Waals surface area contributed by atoms with Crippen molar-refractivity contribution in [2.24, 2.45) is 0 Å². The fourth-order valence-corrected chi connectivity index (χ4v) is 2.84. The van der Waals surface area contributed by atoms with Crippen LogP contribution in [0.3, 0.4) is 0 Å². The van der Waals surface area contributed by atoms with Gasteiger partial charge in [0.15, 0.2) is 0 Å². The van der Waals surface area contributed by atoms with Gasteiger partial charge in [0.05, 0.1) is 5.02 Å². The molecule has 0 amide bonds. The molecule has 3 nitrogen and oxygen atoms in total. The van der Waals surface area contributed by atoms with Crippen LogP contribution in [-0.2, 0) is 0 Å². The zero-order valence-corrected chi connectivity index (χ0v) is 13.5. The molecule has 3 aromatic rings. The molecule has 0 atom stereocenters. The molecule has 0 spiro atoms. The normalized spacial score (nSPS) is 11.2. The molecule has 3 rings (SSSR count). The lowest BCUT2D eigenvalue weighted by molar-refractivity contribution is 1.09.